The van der Waals surface area contributed by atoms with Gasteiger partial charge in [0.25, 0.3) is 0 Å². The number of carboxylic acid groups (broad SMARTS) is 1. The maximum Gasteiger partial charge on any atom is 0.434 e. The number of rotatable bonds is 2. The van der Waals surface area contributed by atoms with E-state index in [1.54, 1.807) is 0 Å². The van der Waals surface area contributed by atoms with Crippen molar-refractivity contribution in [1.29, 1.82) is 0 Å². The Labute approximate surface area is 120 Å². The number of halogens is 3. The van der Waals surface area contributed by atoms with Crippen LogP contribution in [0.2, 0.25) is 0 Å². The molecule has 0 bridgehead atoms. The van der Waals surface area contributed by atoms with Crippen LogP contribution >= 0.6 is 0 Å². The molecule has 0 aromatic carbocycles. The summed E-state index contributed by atoms with van der Waals surface area (Å²) in [7, 11) is 0. The number of alkyl halides is 3. The zero-order valence-electron chi connectivity index (χ0n) is 11.9. The van der Waals surface area contributed by atoms with Crippen molar-refractivity contribution in [2.24, 2.45) is 5.41 Å². The summed E-state index contributed by atoms with van der Waals surface area (Å²) in [5.74, 6) is -1.71. The van der Waals surface area contributed by atoms with Gasteiger partial charge in [0, 0.05) is 12.1 Å². The summed E-state index contributed by atoms with van der Waals surface area (Å²) in [5, 5.41) is 8.82. The fraction of sp³-hybridized carbons (Fsp3) is 0.643. The number of aromatic carboxylic acids is 1. The Balaban J connectivity index is 2.33. The van der Waals surface area contributed by atoms with Crippen LogP contribution < -0.4 is 0 Å². The van der Waals surface area contributed by atoms with Crippen LogP contribution in [0.1, 0.15) is 67.3 Å². The standard InChI is InChI=1S/C14H17F3N2O2/c1-13(2)5-3-8(4-6-13)11-18-7-9(12(20)21)10(19-11)14(15,16)17/h7-8H,3-6H2,1-2H3,(H,20,21). The molecule has 0 atom stereocenters. The van der Waals surface area contributed by atoms with E-state index in [0.29, 0.717) is 0 Å². The van der Waals surface area contributed by atoms with Gasteiger partial charge < -0.3 is 5.11 Å². The predicted molar refractivity (Wildman–Crippen MR) is 69.0 cm³/mol. The minimum absolute atomic E-state index is 0.0998. The Morgan fingerprint density at radius 1 is 1.33 bits per heavy atom. The van der Waals surface area contributed by atoms with Gasteiger partial charge in [-0.25, -0.2) is 14.8 Å². The summed E-state index contributed by atoms with van der Waals surface area (Å²) >= 11 is 0. The van der Waals surface area contributed by atoms with Crippen molar-refractivity contribution in [2.75, 3.05) is 0 Å². The summed E-state index contributed by atoms with van der Waals surface area (Å²) in [5.41, 5.74) is -2.07. The number of nitrogens with zero attached hydrogens (tertiary/aromatic N) is 2. The van der Waals surface area contributed by atoms with Crippen LogP contribution in [0.3, 0.4) is 0 Å². The minimum Gasteiger partial charge on any atom is -0.478 e. The summed E-state index contributed by atoms with van der Waals surface area (Å²) in [4.78, 5) is 18.2. The molecule has 1 aliphatic carbocycles. The first-order chi connectivity index (χ1) is 9.60. The lowest BCUT2D eigenvalue weighted by Crippen LogP contribution is -2.23. The van der Waals surface area contributed by atoms with Crippen LogP contribution in [0.25, 0.3) is 0 Å². The topological polar surface area (TPSA) is 63.1 Å². The van der Waals surface area contributed by atoms with Gasteiger partial charge in [-0.2, -0.15) is 13.2 Å². The summed E-state index contributed by atoms with van der Waals surface area (Å²) in [6.07, 6.45) is -0.799. The van der Waals surface area contributed by atoms with Gasteiger partial charge in [-0.05, 0) is 31.1 Å². The molecule has 1 heterocycles. The van der Waals surface area contributed by atoms with Gasteiger partial charge in [0.2, 0.25) is 0 Å². The monoisotopic (exact) mass is 302 g/mol. The van der Waals surface area contributed by atoms with Gasteiger partial charge in [0.15, 0.2) is 5.69 Å². The second-order valence-electron chi connectivity index (χ2n) is 6.23. The van der Waals surface area contributed by atoms with Crippen LogP contribution in [0.5, 0.6) is 0 Å². The summed E-state index contributed by atoms with van der Waals surface area (Å²) in [6.45, 7) is 4.25. The van der Waals surface area contributed by atoms with E-state index in [2.05, 4.69) is 23.8 Å². The van der Waals surface area contributed by atoms with E-state index in [1.807, 2.05) is 0 Å². The van der Waals surface area contributed by atoms with E-state index in [-0.39, 0.29) is 17.2 Å². The zero-order valence-corrected chi connectivity index (χ0v) is 11.9. The SMILES string of the molecule is CC1(C)CCC(c2ncc(C(=O)O)c(C(F)(F)F)n2)CC1. The Hall–Kier alpha value is -1.66. The van der Waals surface area contributed by atoms with E-state index in [9.17, 15) is 18.0 Å². The quantitative estimate of drug-likeness (QED) is 0.900. The molecular formula is C14H17F3N2O2. The molecule has 4 nitrogen and oxygen atoms in total. The highest BCUT2D eigenvalue weighted by atomic mass is 19.4. The van der Waals surface area contributed by atoms with E-state index >= 15 is 0 Å². The number of carbonyl (C=O) groups is 1. The number of hydrogen-bond acceptors (Lipinski definition) is 3. The molecule has 0 spiro atoms. The van der Waals surface area contributed by atoms with Crippen molar-refractivity contribution in [3.63, 3.8) is 0 Å². The molecule has 116 valence electrons. The third-order valence-corrected chi connectivity index (χ3v) is 4.01. The molecule has 7 heteroatoms. The number of aromatic nitrogens is 2. The molecular weight excluding hydrogens is 285 g/mol. The Morgan fingerprint density at radius 3 is 2.38 bits per heavy atom. The van der Waals surface area contributed by atoms with E-state index < -0.39 is 23.4 Å². The lowest BCUT2D eigenvalue weighted by Gasteiger charge is -2.33. The van der Waals surface area contributed by atoms with Gasteiger partial charge in [-0.1, -0.05) is 13.8 Å². The lowest BCUT2D eigenvalue weighted by atomic mass is 9.73. The van der Waals surface area contributed by atoms with Gasteiger partial charge >= 0.3 is 12.1 Å². The summed E-state index contributed by atoms with van der Waals surface area (Å²) in [6, 6.07) is 0. The molecule has 1 N–H and O–H groups in total. The van der Waals surface area contributed by atoms with E-state index in [0.717, 1.165) is 31.9 Å². The fourth-order valence-electron chi connectivity index (χ4n) is 2.62. The van der Waals surface area contributed by atoms with Gasteiger partial charge in [0.1, 0.15) is 11.4 Å². The molecule has 0 amide bonds. The fourth-order valence-corrected chi connectivity index (χ4v) is 2.62. The van der Waals surface area contributed by atoms with Crippen molar-refractivity contribution in [2.45, 2.75) is 51.6 Å². The minimum atomic E-state index is -4.79. The second-order valence-corrected chi connectivity index (χ2v) is 6.23. The van der Waals surface area contributed by atoms with Gasteiger partial charge in [-0.15, -0.1) is 0 Å². The Morgan fingerprint density at radius 2 is 1.90 bits per heavy atom. The average Bonchev–Trinajstić information content (AvgIpc) is 2.37. The third kappa shape index (κ3) is 3.51. The normalized spacial score (nSPS) is 19.5. The first-order valence-electron chi connectivity index (χ1n) is 6.77. The zero-order chi connectivity index (χ0) is 15.8. The summed E-state index contributed by atoms with van der Waals surface area (Å²) < 4.78 is 38.8. The van der Waals surface area contributed by atoms with Crippen molar-refractivity contribution >= 4 is 5.97 Å². The average molecular weight is 302 g/mol. The second kappa shape index (κ2) is 5.27. The highest BCUT2D eigenvalue weighted by Crippen LogP contribution is 2.42. The van der Waals surface area contributed by atoms with Crippen molar-refractivity contribution in [3.8, 4) is 0 Å². The van der Waals surface area contributed by atoms with Crippen molar-refractivity contribution in [1.82, 2.24) is 9.97 Å². The first-order valence-corrected chi connectivity index (χ1v) is 6.77. The molecule has 1 aliphatic rings. The highest BCUT2D eigenvalue weighted by Gasteiger charge is 2.39. The first kappa shape index (κ1) is 15.7. The van der Waals surface area contributed by atoms with Crippen molar-refractivity contribution in [3.05, 3.63) is 23.3 Å². The maximum atomic E-state index is 12.9. The molecule has 1 saturated carbocycles. The van der Waals surface area contributed by atoms with Crippen LogP contribution in [-0.2, 0) is 6.18 Å². The lowest BCUT2D eigenvalue weighted by molar-refractivity contribution is -0.142. The molecule has 0 aliphatic heterocycles. The Bertz CT molecular complexity index is 546. The number of hydrogen-bond donors (Lipinski definition) is 1. The molecule has 0 saturated heterocycles. The smallest absolute Gasteiger partial charge is 0.434 e. The van der Waals surface area contributed by atoms with E-state index in [1.165, 1.54) is 0 Å². The maximum absolute atomic E-state index is 12.9. The van der Waals surface area contributed by atoms with Crippen LogP contribution in [0.4, 0.5) is 13.2 Å². The van der Waals surface area contributed by atoms with E-state index in [4.69, 9.17) is 5.11 Å². The third-order valence-electron chi connectivity index (χ3n) is 4.01. The Kier molecular flexibility index (Phi) is 3.95. The van der Waals surface area contributed by atoms with Crippen LogP contribution in [0, 0.1) is 5.41 Å². The molecule has 1 fully saturated rings. The van der Waals surface area contributed by atoms with Crippen LogP contribution in [0.15, 0.2) is 6.20 Å². The molecule has 0 radical (unpaired) electrons. The molecule has 1 aromatic rings. The van der Waals surface area contributed by atoms with Crippen molar-refractivity contribution < 1.29 is 23.1 Å². The molecule has 0 unspecified atom stereocenters. The molecule has 21 heavy (non-hydrogen) atoms. The van der Waals surface area contributed by atoms with Gasteiger partial charge in [0.05, 0.1) is 0 Å². The molecule has 1 aromatic heterocycles. The number of carboxylic acids is 1. The molecule has 2 rings (SSSR count). The van der Waals surface area contributed by atoms with Gasteiger partial charge in [-0.3, -0.25) is 0 Å². The predicted octanol–water partition coefficient (Wildman–Crippen LogP) is 3.88. The largest absolute Gasteiger partial charge is 0.478 e. The highest BCUT2D eigenvalue weighted by molar-refractivity contribution is 5.88. The van der Waals surface area contributed by atoms with Crippen LogP contribution in [-0.4, -0.2) is 21.0 Å².